The molecule has 3 aromatic rings. The van der Waals surface area contributed by atoms with Crippen molar-refractivity contribution in [2.24, 2.45) is 0 Å². The fourth-order valence-corrected chi connectivity index (χ4v) is 6.72. The molecule has 13 heteroatoms. The van der Waals surface area contributed by atoms with Crippen LogP contribution in [0.15, 0.2) is 70.6 Å². The number of thiocarbonyl (C=S) groups is 1. The van der Waals surface area contributed by atoms with Crippen LogP contribution in [0, 0.1) is 0 Å². The quantitative estimate of drug-likeness (QED) is 0.338. The molecule has 38 heavy (non-hydrogen) atoms. The summed E-state index contributed by atoms with van der Waals surface area (Å²) >= 11 is 6.24. The number of hydrogen-bond acceptors (Lipinski definition) is 8. The van der Waals surface area contributed by atoms with Crippen molar-refractivity contribution in [2.45, 2.75) is 4.90 Å². The number of nitrogens with zero attached hydrogens (tertiary/aromatic N) is 4. The van der Waals surface area contributed by atoms with Gasteiger partial charge >= 0.3 is 5.97 Å². The smallest absolute Gasteiger partial charge is 0.323 e. The molecular formula is C25H22N4O6S3. The highest BCUT2D eigenvalue weighted by atomic mass is 32.2. The van der Waals surface area contributed by atoms with Crippen molar-refractivity contribution in [3.63, 3.8) is 0 Å². The first-order valence-corrected chi connectivity index (χ1v) is 14.2. The van der Waals surface area contributed by atoms with Crippen molar-refractivity contribution in [3.8, 4) is 16.9 Å². The van der Waals surface area contributed by atoms with E-state index in [2.05, 4.69) is 0 Å². The van der Waals surface area contributed by atoms with Crippen molar-refractivity contribution in [3.05, 3.63) is 71.3 Å². The fraction of sp³-hybridized carbons (Fsp3) is 0.200. The lowest BCUT2D eigenvalue weighted by atomic mass is 10.1. The number of carbonyl (C=O) groups is 2. The van der Waals surface area contributed by atoms with Crippen LogP contribution in [0.1, 0.15) is 5.56 Å². The number of benzene rings is 2. The molecule has 0 unspecified atom stereocenters. The highest BCUT2D eigenvalue weighted by molar-refractivity contribution is 8.26. The molecule has 1 N–H and O–H groups in total. The third kappa shape index (κ3) is 5.28. The number of aromatic nitrogens is 2. The Labute approximate surface area is 228 Å². The number of aliphatic carboxylic acids is 1. The van der Waals surface area contributed by atoms with Gasteiger partial charge in [0.2, 0.25) is 10.0 Å². The third-order valence-electron chi connectivity index (χ3n) is 5.95. The molecule has 2 aromatic carbocycles. The highest BCUT2D eigenvalue weighted by Gasteiger charge is 2.34. The lowest BCUT2D eigenvalue weighted by molar-refractivity contribution is -0.140. The van der Waals surface area contributed by atoms with Crippen LogP contribution in [-0.4, -0.2) is 81.6 Å². The number of amides is 1. The topological polar surface area (TPSA) is 122 Å². The number of hydrogen-bond donors (Lipinski definition) is 1. The first-order chi connectivity index (χ1) is 18.2. The Hall–Kier alpha value is -3.36. The number of carbonyl (C=O) groups excluding carboxylic acids is 1. The minimum atomic E-state index is -3.66. The Morgan fingerprint density at radius 2 is 1.79 bits per heavy atom. The monoisotopic (exact) mass is 570 g/mol. The van der Waals surface area contributed by atoms with Gasteiger partial charge in [-0.1, -0.05) is 54.3 Å². The van der Waals surface area contributed by atoms with E-state index in [1.54, 1.807) is 29.1 Å². The van der Waals surface area contributed by atoms with E-state index < -0.39 is 28.4 Å². The van der Waals surface area contributed by atoms with Crippen LogP contribution < -0.4 is 0 Å². The molecule has 0 saturated carbocycles. The lowest BCUT2D eigenvalue weighted by Crippen LogP contribution is -2.40. The Kier molecular flexibility index (Phi) is 7.45. The van der Waals surface area contributed by atoms with E-state index in [0.717, 1.165) is 22.3 Å². The molecule has 3 heterocycles. The minimum absolute atomic E-state index is 0.165. The zero-order valence-corrected chi connectivity index (χ0v) is 22.3. The maximum atomic E-state index is 13.0. The molecule has 2 aliphatic rings. The summed E-state index contributed by atoms with van der Waals surface area (Å²) in [6.07, 6.45) is 3.38. The second kappa shape index (κ2) is 10.8. The summed E-state index contributed by atoms with van der Waals surface area (Å²) in [7, 11) is -3.66. The first-order valence-electron chi connectivity index (χ1n) is 11.5. The number of rotatable bonds is 7. The van der Waals surface area contributed by atoms with E-state index in [0.29, 0.717) is 43.1 Å². The number of sulfonamides is 1. The highest BCUT2D eigenvalue weighted by Crippen LogP contribution is 2.35. The molecule has 1 amide bonds. The molecule has 0 bridgehead atoms. The molecule has 1 aromatic heterocycles. The minimum Gasteiger partial charge on any atom is -0.480 e. The van der Waals surface area contributed by atoms with Crippen LogP contribution in [0.2, 0.25) is 0 Å². The number of para-hydroxylation sites is 1. The van der Waals surface area contributed by atoms with Gasteiger partial charge in [0.05, 0.1) is 34.4 Å². The average Bonchev–Trinajstić information content (AvgIpc) is 3.46. The van der Waals surface area contributed by atoms with E-state index in [1.807, 2.05) is 30.3 Å². The van der Waals surface area contributed by atoms with Crippen LogP contribution in [-0.2, 0) is 24.3 Å². The van der Waals surface area contributed by atoms with Crippen molar-refractivity contribution in [1.29, 1.82) is 0 Å². The summed E-state index contributed by atoms with van der Waals surface area (Å²) in [5.41, 5.74) is 2.55. The molecular weight excluding hydrogens is 548 g/mol. The second-order valence-electron chi connectivity index (χ2n) is 8.42. The molecule has 5 rings (SSSR count). The van der Waals surface area contributed by atoms with Crippen LogP contribution >= 0.6 is 24.0 Å². The van der Waals surface area contributed by atoms with Gasteiger partial charge in [-0.25, -0.2) is 13.1 Å². The van der Waals surface area contributed by atoms with E-state index in [-0.39, 0.29) is 14.1 Å². The van der Waals surface area contributed by atoms with Crippen molar-refractivity contribution in [2.75, 3.05) is 32.8 Å². The van der Waals surface area contributed by atoms with Crippen molar-refractivity contribution < 1.29 is 27.9 Å². The van der Waals surface area contributed by atoms with E-state index in [4.69, 9.17) is 27.2 Å². The largest absolute Gasteiger partial charge is 0.480 e. The number of morpholine rings is 1. The molecule has 0 radical (unpaired) electrons. The first kappa shape index (κ1) is 26.3. The molecule has 2 saturated heterocycles. The van der Waals surface area contributed by atoms with Crippen LogP contribution in [0.5, 0.6) is 0 Å². The van der Waals surface area contributed by atoms with E-state index in [9.17, 15) is 18.0 Å². The Morgan fingerprint density at radius 3 is 2.45 bits per heavy atom. The Bertz CT molecular complexity index is 1530. The zero-order chi connectivity index (χ0) is 26.9. The van der Waals surface area contributed by atoms with Gasteiger partial charge in [0.25, 0.3) is 5.91 Å². The van der Waals surface area contributed by atoms with Gasteiger partial charge < -0.3 is 9.84 Å². The fourth-order valence-electron chi connectivity index (χ4n) is 4.06. The third-order valence-corrected chi connectivity index (χ3v) is 9.24. The summed E-state index contributed by atoms with van der Waals surface area (Å²) < 4.78 is 34.6. The van der Waals surface area contributed by atoms with Crippen molar-refractivity contribution in [1.82, 2.24) is 19.0 Å². The van der Waals surface area contributed by atoms with Gasteiger partial charge in [-0.15, -0.1) is 0 Å². The lowest BCUT2D eigenvalue weighted by Gasteiger charge is -2.26. The van der Waals surface area contributed by atoms with E-state index >= 15 is 0 Å². The average molecular weight is 571 g/mol. The van der Waals surface area contributed by atoms with Gasteiger partial charge in [0.1, 0.15) is 10.9 Å². The molecule has 10 nitrogen and oxygen atoms in total. The standard InChI is InChI=1S/C25H22N4O6S3/c30-22(31)16-28-24(32)21(37-25(28)36)14-18-15-29(19-4-2-1-3-5-19)26-23(18)17-6-8-20(9-7-17)38(33,34)27-10-12-35-13-11-27/h1-9,14-15H,10-13,16H2,(H,30,31). The Morgan fingerprint density at radius 1 is 1.11 bits per heavy atom. The van der Waals surface area contributed by atoms with Gasteiger partial charge in [-0.05, 0) is 30.3 Å². The number of carboxylic acids is 1. The predicted octanol–water partition coefficient (Wildman–Crippen LogP) is 2.85. The molecule has 0 aliphatic carbocycles. The summed E-state index contributed by atoms with van der Waals surface area (Å²) in [5, 5.41) is 13.8. The summed E-state index contributed by atoms with van der Waals surface area (Å²) in [5.74, 6) is -1.65. The second-order valence-corrected chi connectivity index (χ2v) is 12.0. The predicted molar refractivity (Wildman–Crippen MR) is 146 cm³/mol. The maximum Gasteiger partial charge on any atom is 0.323 e. The van der Waals surface area contributed by atoms with Crippen molar-refractivity contribution >= 4 is 56.3 Å². The van der Waals surface area contributed by atoms with Gasteiger partial charge in [-0.2, -0.15) is 9.40 Å². The van der Waals surface area contributed by atoms with Crippen LogP contribution in [0.25, 0.3) is 23.0 Å². The molecule has 0 atom stereocenters. The number of carboxylic acid groups (broad SMARTS) is 1. The number of thioether (sulfide) groups is 1. The Balaban J connectivity index is 1.52. The summed E-state index contributed by atoms with van der Waals surface area (Å²) in [4.78, 5) is 25.5. The van der Waals surface area contributed by atoms with Gasteiger partial charge in [-0.3, -0.25) is 14.5 Å². The van der Waals surface area contributed by atoms with Gasteiger partial charge in [0, 0.05) is 30.4 Å². The SMILES string of the molecule is O=C(O)CN1C(=O)C(=Cc2cn(-c3ccccc3)nc2-c2ccc(S(=O)(=O)N3CCOCC3)cc2)SC1=S. The molecule has 196 valence electrons. The van der Waals surface area contributed by atoms with Gasteiger partial charge in [0.15, 0.2) is 0 Å². The molecule has 0 spiro atoms. The maximum absolute atomic E-state index is 13.0. The van der Waals surface area contributed by atoms with Crippen LogP contribution in [0.4, 0.5) is 0 Å². The molecule has 2 fully saturated rings. The molecule has 2 aliphatic heterocycles. The summed E-state index contributed by atoms with van der Waals surface area (Å²) in [6, 6.07) is 15.8. The van der Waals surface area contributed by atoms with Crippen LogP contribution in [0.3, 0.4) is 0 Å². The summed E-state index contributed by atoms with van der Waals surface area (Å²) in [6.45, 7) is 0.801. The normalized spacial score (nSPS) is 17.9. The number of ether oxygens (including phenoxy) is 1. The zero-order valence-electron chi connectivity index (χ0n) is 19.9. The van der Waals surface area contributed by atoms with E-state index in [1.165, 1.54) is 16.4 Å².